The summed E-state index contributed by atoms with van der Waals surface area (Å²) < 4.78 is 10.0. The van der Waals surface area contributed by atoms with E-state index in [2.05, 4.69) is 0 Å². The van der Waals surface area contributed by atoms with Crippen LogP contribution in [0.3, 0.4) is 0 Å². The highest BCUT2D eigenvalue weighted by molar-refractivity contribution is 5.32. The van der Waals surface area contributed by atoms with Crippen LogP contribution >= 0.6 is 0 Å². The van der Waals surface area contributed by atoms with Crippen LogP contribution in [0.1, 0.15) is 6.92 Å². The molecular formula is C9H15NO3. The van der Waals surface area contributed by atoms with Gasteiger partial charge in [0.2, 0.25) is 0 Å². The number of nitrogens with two attached hydrogens (primary N) is 1. The van der Waals surface area contributed by atoms with E-state index in [0.717, 1.165) is 5.57 Å². The number of hydrogen-bond acceptors (Lipinski definition) is 4. The Morgan fingerprint density at radius 2 is 2.08 bits per heavy atom. The van der Waals surface area contributed by atoms with Crippen LogP contribution in [0.15, 0.2) is 23.5 Å². The first-order valence-corrected chi connectivity index (χ1v) is 4.01. The Morgan fingerprint density at radius 3 is 2.54 bits per heavy atom. The average Bonchev–Trinajstić information content (AvgIpc) is 2.15. The van der Waals surface area contributed by atoms with Crippen molar-refractivity contribution in [3.8, 4) is 0 Å². The van der Waals surface area contributed by atoms with Crippen molar-refractivity contribution in [1.82, 2.24) is 0 Å². The van der Waals surface area contributed by atoms with Crippen LogP contribution in [-0.2, 0) is 9.47 Å². The van der Waals surface area contributed by atoms with Gasteiger partial charge in [-0.2, -0.15) is 0 Å². The SMILES string of the molecule is COC1=CC=C(C)C(N)(OC)C1O. The highest BCUT2D eigenvalue weighted by Crippen LogP contribution is 2.28. The quantitative estimate of drug-likeness (QED) is 0.600. The van der Waals surface area contributed by atoms with Gasteiger partial charge >= 0.3 is 0 Å². The predicted octanol–water partition coefficient (Wildman–Crippen LogP) is 0.139. The molecule has 0 saturated heterocycles. The molecular weight excluding hydrogens is 170 g/mol. The number of rotatable bonds is 2. The van der Waals surface area contributed by atoms with Gasteiger partial charge < -0.3 is 14.6 Å². The third-order valence-corrected chi connectivity index (χ3v) is 2.36. The van der Waals surface area contributed by atoms with Gasteiger partial charge in [0.15, 0.2) is 11.8 Å². The molecule has 0 bridgehead atoms. The van der Waals surface area contributed by atoms with Crippen LogP contribution in [0.25, 0.3) is 0 Å². The number of methoxy groups -OCH3 is 2. The van der Waals surface area contributed by atoms with Crippen molar-refractivity contribution < 1.29 is 14.6 Å². The molecule has 0 aromatic carbocycles. The first kappa shape index (κ1) is 10.2. The topological polar surface area (TPSA) is 64.7 Å². The Bertz CT molecular complexity index is 260. The maximum atomic E-state index is 9.77. The molecule has 2 atom stereocenters. The van der Waals surface area contributed by atoms with E-state index in [1.54, 1.807) is 19.1 Å². The molecule has 1 aliphatic rings. The van der Waals surface area contributed by atoms with E-state index < -0.39 is 11.8 Å². The lowest BCUT2D eigenvalue weighted by atomic mass is 9.92. The highest BCUT2D eigenvalue weighted by atomic mass is 16.5. The van der Waals surface area contributed by atoms with Crippen molar-refractivity contribution in [3.63, 3.8) is 0 Å². The zero-order valence-corrected chi connectivity index (χ0v) is 8.07. The summed E-state index contributed by atoms with van der Waals surface area (Å²) >= 11 is 0. The molecule has 0 aromatic heterocycles. The molecule has 13 heavy (non-hydrogen) atoms. The summed E-state index contributed by atoms with van der Waals surface area (Å²) in [5, 5.41) is 9.77. The van der Waals surface area contributed by atoms with Gasteiger partial charge in [0.05, 0.1) is 7.11 Å². The van der Waals surface area contributed by atoms with E-state index in [1.807, 2.05) is 0 Å². The lowest BCUT2D eigenvalue weighted by Crippen LogP contribution is -2.55. The second kappa shape index (κ2) is 3.49. The molecule has 0 radical (unpaired) electrons. The van der Waals surface area contributed by atoms with Gasteiger partial charge in [0.1, 0.15) is 5.76 Å². The molecule has 0 aromatic rings. The second-order valence-corrected chi connectivity index (χ2v) is 3.02. The zero-order valence-electron chi connectivity index (χ0n) is 8.07. The summed E-state index contributed by atoms with van der Waals surface area (Å²) in [7, 11) is 2.94. The zero-order chi connectivity index (χ0) is 10.1. The number of ether oxygens (including phenoxy) is 2. The predicted molar refractivity (Wildman–Crippen MR) is 48.8 cm³/mol. The van der Waals surface area contributed by atoms with Gasteiger partial charge in [0, 0.05) is 7.11 Å². The van der Waals surface area contributed by atoms with Crippen molar-refractivity contribution in [2.24, 2.45) is 5.73 Å². The average molecular weight is 185 g/mol. The Hall–Kier alpha value is -0.840. The number of aliphatic hydroxyl groups is 1. The van der Waals surface area contributed by atoms with E-state index in [1.165, 1.54) is 14.2 Å². The first-order valence-electron chi connectivity index (χ1n) is 4.01. The molecule has 0 heterocycles. The summed E-state index contributed by atoms with van der Waals surface area (Å²) in [5.74, 6) is 0.412. The van der Waals surface area contributed by atoms with E-state index >= 15 is 0 Å². The fourth-order valence-corrected chi connectivity index (χ4v) is 1.31. The normalized spacial score (nSPS) is 33.8. The van der Waals surface area contributed by atoms with Crippen molar-refractivity contribution in [3.05, 3.63) is 23.5 Å². The van der Waals surface area contributed by atoms with Crippen LogP contribution in [0, 0.1) is 0 Å². The number of allylic oxidation sites excluding steroid dienone is 2. The van der Waals surface area contributed by atoms with E-state index in [9.17, 15) is 5.11 Å². The molecule has 4 heteroatoms. The van der Waals surface area contributed by atoms with Crippen molar-refractivity contribution in [2.75, 3.05) is 14.2 Å². The summed E-state index contributed by atoms with van der Waals surface area (Å²) in [6, 6.07) is 0. The van der Waals surface area contributed by atoms with Gasteiger partial charge in [-0.3, -0.25) is 5.73 Å². The maximum Gasteiger partial charge on any atom is 0.171 e. The van der Waals surface area contributed by atoms with E-state index in [4.69, 9.17) is 15.2 Å². The molecule has 74 valence electrons. The molecule has 4 nitrogen and oxygen atoms in total. The standard InChI is InChI=1S/C9H15NO3/c1-6-4-5-7(12-2)8(11)9(6,10)13-3/h4-5,8,11H,10H2,1-3H3. The van der Waals surface area contributed by atoms with Crippen LogP contribution in [-0.4, -0.2) is 31.2 Å². The third-order valence-electron chi connectivity index (χ3n) is 2.36. The second-order valence-electron chi connectivity index (χ2n) is 3.02. The van der Waals surface area contributed by atoms with Gasteiger partial charge in [0.25, 0.3) is 0 Å². The minimum Gasteiger partial charge on any atom is -0.498 e. The number of hydrogen-bond donors (Lipinski definition) is 2. The highest BCUT2D eigenvalue weighted by Gasteiger charge is 2.40. The Balaban J connectivity index is 3.03. The largest absolute Gasteiger partial charge is 0.498 e. The third kappa shape index (κ3) is 1.48. The molecule has 2 unspecified atom stereocenters. The van der Waals surface area contributed by atoms with Crippen molar-refractivity contribution >= 4 is 0 Å². The molecule has 0 aliphatic heterocycles. The summed E-state index contributed by atoms with van der Waals surface area (Å²) in [5.41, 5.74) is 5.45. The van der Waals surface area contributed by atoms with Crippen molar-refractivity contribution in [2.45, 2.75) is 18.8 Å². The Morgan fingerprint density at radius 1 is 1.46 bits per heavy atom. The summed E-state index contributed by atoms with van der Waals surface area (Å²) in [4.78, 5) is 0. The van der Waals surface area contributed by atoms with Gasteiger partial charge in [-0.05, 0) is 18.6 Å². The van der Waals surface area contributed by atoms with Crippen LogP contribution in [0.2, 0.25) is 0 Å². The molecule has 0 amide bonds. The minimum absolute atomic E-state index is 0.412. The number of aliphatic hydroxyl groups excluding tert-OH is 1. The minimum atomic E-state index is -1.17. The molecule has 3 N–H and O–H groups in total. The van der Waals surface area contributed by atoms with Gasteiger partial charge in [-0.15, -0.1) is 0 Å². The van der Waals surface area contributed by atoms with Crippen LogP contribution < -0.4 is 5.73 Å². The fraction of sp³-hybridized carbons (Fsp3) is 0.556. The molecule has 1 aliphatic carbocycles. The fourth-order valence-electron chi connectivity index (χ4n) is 1.31. The first-order chi connectivity index (χ1) is 6.06. The Labute approximate surface area is 77.6 Å². The Kier molecular flexibility index (Phi) is 2.75. The van der Waals surface area contributed by atoms with Crippen LogP contribution in [0.4, 0.5) is 0 Å². The summed E-state index contributed by atoms with van der Waals surface area (Å²) in [6.07, 6.45) is 2.51. The summed E-state index contributed by atoms with van der Waals surface area (Å²) in [6.45, 7) is 1.80. The lowest BCUT2D eigenvalue weighted by Gasteiger charge is -2.36. The smallest absolute Gasteiger partial charge is 0.171 e. The van der Waals surface area contributed by atoms with E-state index in [0.29, 0.717) is 5.76 Å². The lowest BCUT2D eigenvalue weighted by molar-refractivity contribution is -0.0757. The molecule has 0 saturated carbocycles. The van der Waals surface area contributed by atoms with Crippen molar-refractivity contribution in [1.29, 1.82) is 0 Å². The van der Waals surface area contributed by atoms with Gasteiger partial charge in [-0.1, -0.05) is 6.08 Å². The van der Waals surface area contributed by atoms with Gasteiger partial charge in [-0.25, -0.2) is 0 Å². The molecule has 1 rings (SSSR count). The molecule has 0 fully saturated rings. The maximum absolute atomic E-state index is 9.77. The van der Waals surface area contributed by atoms with E-state index in [-0.39, 0.29) is 0 Å². The molecule has 0 spiro atoms. The van der Waals surface area contributed by atoms with Crippen LogP contribution in [0.5, 0.6) is 0 Å². The monoisotopic (exact) mass is 185 g/mol.